The van der Waals surface area contributed by atoms with Gasteiger partial charge in [-0.25, -0.2) is 13.6 Å². The minimum Gasteiger partial charge on any atom is -0.444 e. The van der Waals surface area contributed by atoms with Crippen molar-refractivity contribution in [3.05, 3.63) is 46.8 Å². The van der Waals surface area contributed by atoms with Gasteiger partial charge in [-0.3, -0.25) is 0 Å². The molecule has 2 N–H and O–H groups in total. The SMILES string of the molecule is CC(C)(C)OC(=O)NCC1=CNCN1[C@H]1CCc2c(F)cc(F)cc2C1. The van der Waals surface area contributed by atoms with Crippen molar-refractivity contribution in [2.75, 3.05) is 13.2 Å². The van der Waals surface area contributed by atoms with Gasteiger partial charge < -0.3 is 20.3 Å². The van der Waals surface area contributed by atoms with Crippen molar-refractivity contribution in [2.24, 2.45) is 0 Å². The predicted octanol–water partition coefficient (Wildman–Crippen LogP) is 3.05. The van der Waals surface area contributed by atoms with Crippen LogP contribution in [0.1, 0.15) is 38.3 Å². The third-order valence-corrected chi connectivity index (χ3v) is 4.59. The van der Waals surface area contributed by atoms with Crippen LogP contribution in [0.2, 0.25) is 0 Å². The van der Waals surface area contributed by atoms with Gasteiger partial charge in [-0.05, 0) is 57.2 Å². The molecule has 2 aliphatic rings. The molecule has 1 amide bonds. The van der Waals surface area contributed by atoms with Crippen LogP contribution in [0.3, 0.4) is 0 Å². The van der Waals surface area contributed by atoms with Crippen molar-refractivity contribution < 1.29 is 18.3 Å². The number of hydrogen-bond acceptors (Lipinski definition) is 4. The van der Waals surface area contributed by atoms with Crippen LogP contribution in [-0.4, -0.2) is 35.8 Å². The Morgan fingerprint density at radius 2 is 2.15 bits per heavy atom. The third kappa shape index (κ3) is 4.26. The van der Waals surface area contributed by atoms with Crippen molar-refractivity contribution in [3.8, 4) is 0 Å². The van der Waals surface area contributed by atoms with Crippen LogP contribution in [0.4, 0.5) is 13.6 Å². The second kappa shape index (κ2) is 7.13. The predicted molar refractivity (Wildman–Crippen MR) is 94.3 cm³/mol. The molecular weight excluding hydrogens is 340 g/mol. The van der Waals surface area contributed by atoms with E-state index in [1.165, 1.54) is 6.07 Å². The smallest absolute Gasteiger partial charge is 0.407 e. The van der Waals surface area contributed by atoms with Crippen LogP contribution in [0.15, 0.2) is 24.0 Å². The van der Waals surface area contributed by atoms with Gasteiger partial charge in [0.2, 0.25) is 0 Å². The monoisotopic (exact) mass is 365 g/mol. The minimum absolute atomic E-state index is 0.130. The molecule has 0 saturated carbocycles. The number of benzene rings is 1. The largest absolute Gasteiger partial charge is 0.444 e. The van der Waals surface area contributed by atoms with E-state index in [9.17, 15) is 13.6 Å². The number of halogens is 2. The zero-order valence-electron chi connectivity index (χ0n) is 15.4. The van der Waals surface area contributed by atoms with E-state index in [4.69, 9.17) is 4.74 Å². The van der Waals surface area contributed by atoms with Crippen molar-refractivity contribution in [1.82, 2.24) is 15.5 Å². The summed E-state index contributed by atoms with van der Waals surface area (Å²) in [6, 6.07) is 2.51. The highest BCUT2D eigenvalue weighted by molar-refractivity contribution is 5.68. The molecule has 5 nitrogen and oxygen atoms in total. The molecule has 0 saturated heterocycles. The molecule has 0 spiro atoms. The van der Waals surface area contributed by atoms with Crippen LogP contribution in [0.25, 0.3) is 0 Å². The van der Waals surface area contributed by atoms with E-state index in [-0.39, 0.29) is 6.04 Å². The number of hydrogen-bond donors (Lipinski definition) is 2. The van der Waals surface area contributed by atoms with Crippen molar-refractivity contribution in [1.29, 1.82) is 0 Å². The van der Waals surface area contributed by atoms with E-state index in [1.807, 2.05) is 27.0 Å². The second-order valence-corrected chi connectivity index (χ2v) is 7.75. The van der Waals surface area contributed by atoms with Crippen LogP contribution < -0.4 is 10.6 Å². The molecule has 26 heavy (non-hydrogen) atoms. The maximum atomic E-state index is 13.9. The summed E-state index contributed by atoms with van der Waals surface area (Å²) in [6.07, 6.45) is 3.33. The molecule has 142 valence electrons. The molecule has 1 aromatic rings. The Morgan fingerprint density at radius 3 is 2.88 bits per heavy atom. The van der Waals surface area contributed by atoms with E-state index < -0.39 is 23.3 Å². The first-order valence-corrected chi connectivity index (χ1v) is 8.85. The normalized spacial score (nSPS) is 19.5. The van der Waals surface area contributed by atoms with Gasteiger partial charge in [0, 0.05) is 18.3 Å². The highest BCUT2D eigenvalue weighted by atomic mass is 19.1. The Balaban J connectivity index is 1.63. The Kier molecular flexibility index (Phi) is 5.07. The van der Waals surface area contributed by atoms with Gasteiger partial charge in [0.15, 0.2) is 0 Å². The van der Waals surface area contributed by atoms with E-state index in [0.29, 0.717) is 31.6 Å². The Bertz CT molecular complexity index is 728. The van der Waals surface area contributed by atoms with Crippen molar-refractivity contribution in [3.63, 3.8) is 0 Å². The fourth-order valence-electron chi connectivity index (χ4n) is 3.49. The van der Waals surface area contributed by atoms with Gasteiger partial charge in [-0.2, -0.15) is 0 Å². The standard InChI is InChI=1S/C19H25F2N3O2/c1-19(2,3)26-18(25)23-10-15-9-22-11-24(15)14-4-5-16-12(7-14)6-13(20)8-17(16)21/h6,8-9,14,22H,4-5,7,10-11H2,1-3H3,(H,23,25)/t14-/m0/s1. The van der Waals surface area contributed by atoms with Gasteiger partial charge in [0.1, 0.15) is 17.2 Å². The topological polar surface area (TPSA) is 53.6 Å². The van der Waals surface area contributed by atoms with Crippen LogP contribution in [0.5, 0.6) is 0 Å². The fourth-order valence-corrected chi connectivity index (χ4v) is 3.49. The lowest BCUT2D eigenvalue weighted by Crippen LogP contribution is -2.42. The van der Waals surface area contributed by atoms with Gasteiger partial charge in [0.25, 0.3) is 0 Å². The van der Waals surface area contributed by atoms with E-state index >= 15 is 0 Å². The van der Waals surface area contributed by atoms with Crippen LogP contribution in [-0.2, 0) is 17.6 Å². The summed E-state index contributed by atoms with van der Waals surface area (Å²) in [5, 5.41) is 5.92. The highest BCUT2D eigenvalue weighted by Gasteiger charge is 2.29. The van der Waals surface area contributed by atoms with E-state index in [0.717, 1.165) is 23.7 Å². The molecule has 1 aliphatic heterocycles. The quantitative estimate of drug-likeness (QED) is 0.865. The minimum atomic E-state index is -0.548. The van der Waals surface area contributed by atoms with Gasteiger partial charge >= 0.3 is 6.09 Å². The molecule has 1 atom stereocenters. The number of rotatable bonds is 3. The lowest BCUT2D eigenvalue weighted by molar-refractivity contribution is 0.0527. The highest BCUT2D eigenvalue weighted by Crippen LogP contribution is 2.29. The summed E-state index contributed by atoms with van der Waals surface area (Å²) in [5.41, 5.74) is 1.73. The molecule has 3 rings (SSSR count). The second-order valence-electron chi connectivity index (χ2n) is 7.75. The summed E-state index contributed by atoms with van der Waals surface area (Å²) >= 11 is 0. The molecule has 0 aromatic heterocycles. The van der Waals surface area contributed by atoms with Crippen LogP contribution in [0, 0.1) is 11.6 Å². The molecule has 1 aliphatic carbocycles. The molecule has 7 heteroatoms. The van der Waals surface area contributed by atoms with Crippen molar-refractivity contribution >= 4 is 6.09 Å². The third-order valence-electron chi connectivity index (χ3n) is 4.59. The maximum absolute atomic E-state index is 13.9. The molecule has 0 unspecified atom stereocenters. The van der Waals surface area contributed by atoms with Crippen molar-refractivity contribution in [2.45, 2.75) is 51.7 Å². The lowest BCUT2D eigenvalue weighted by atomic mass is 9.87. The maximum Gasteiger partial charge on any atom is 0.407 e. The first-order valence-electron chi connectivity index (χ1n) is 8.85. The van der Waals surface area contributed by atoms with Crippen LogP contribution >= 0.6 is 0 Å². The van der Waals surface area contributed by atoms with Gasteiger partial charge in [-0.15, -0.1) is 0 Å². The van der Waals surface area contributed by atoms with Gasteiger partial charge in [0.05, 0.1) is 18.9 Å². The summed E-state index contributed by atoms with van der Waals surface area (Å²) < 4.78 is 32.7. The summed E-state index contributed by atoms with van der Waals surface area (Å²) in [6.45, 7) is 6.39. The average Bonchev–Trinajstić information content (AvgIpc) is 2.99. The van der Waals surface area contributed by atoms with E-state index in [1.54, 1.807) is 0 Å². The summed E-state index contributed by atoms with van der Waals surface area (Å²) in [5.74, 6) is -0.996. The number of fused-ring (bicyclic) bond motifs is 1. The summed E-state index contributed by atoms with van der Waals surface area (Å²) in [7, 11) is 0. The lowest BCUT2D eigenvalue weighted by Gasteiger charge is -2.35. The molecule has 1 heterocycles. The Labute approximate surface area is 152 Å². The molecular formula is C19H25F2N3O2. The number of nitrogens with zero attached hydrogens (tertiary/aromatic N) is 1. The zero-order valence-corrected chi connectivity index (χ0v) is 15.4. The number of ether oxygens (including phenoxy) is 1. The number of nitrogens with one attached hydrogen (secondary N) is 2. The molecule has 0 fully saturated rings. The van der Waals surface area contributed by atoms with E-state index in [2.05, 4.69) is 15.5 Å². The first-order chi connectivity index (χ1) is 12.2. The molecule has 0 radical (unpaired) electrons. The summed E-state index contributed by atoms with van der Waals surface area (Å²) in [4.78, 5) is 14.0. The fraction of sp³-hybridized carbons (Fsp3) is 0.526. The zero-order chi connectivity index (χ0) is 18.9. The number of alkyl carbamates (subject to hydrolysis) is 1. The average molecular weight is 365 g/mol. The Hall–Kier alpha value is -2.31. The van der Waals surface area contributed by atoms with Gasteiger partial charge in [-0.1, -0.05) is 0 Å². The molecule has 0 bridgehead atoms. The first kappa shape index (κ1) is 18.5. The number of carbonyl (C=O) groups is 1. The number of amides is 1. The number of carbonyl (C=O) groups excluding carboxylic acids is 1. The Morgan fingerprint density at radius 1 is 1.38 bits per heavy atom. The molecule has 1 aromatic carbocycles.